The third kappa shape index (κ3) is 7.24. The van der Waals surface area contributed by atoms with Gasteiger partial charge >= 0.3 is 0 Å². The Morgan fingerprint density at radius 2 is 1.86 bits per heavy atom. The number of likely N-dealkylation sites (tertiary alicyclic amines) is 1. The molecular formula is C29H39N3O4. The maximum absolute atomic E-state index is 11.2. The van der Waals surface area contributed by atoms with Crippen LogP contribution in [0.1, 0.15) is 42.4 Å². The molecule has 0 saturated carbocycles. The second-order valence-electron chi connectivity index (χ2n) is 9.87. The van der Waals surface area contributed by atoms with Crippen LogP contribution in [0.5, 0.6) is 17.2 Å². The monoisotopic (exact) mass is 493 g/mol. The lowest BCUT2D eigenvalue weighted by molar-refractivity contribution is -0.0170. The Hall–Kier alpha value is -3.03. The lowest BCUT2D eigenvalue weighted by atomic mass is 9.96. The van der Waals surface area contributed by atoms with Crippen LogP contribution in [0.3, 0.4) is 0 Å². The Morgan fingerprint density at radius 1 is 1.00 bits per heavy atom. The van der Waals surface area contributed by atoms with E-state index >= 15 is 0 Å². The molecule has 7 nitrogen and oxygen atoms in total. The topological polar surface area (TPSA) is 69.0 Å². The van der Waals surface area contributed by atoms with Gasteiger partial charge in [0, 0.05) is 38.4 Å². The maximum Gasteiger partial charge on any atom is 0.161 e. The van der Waals surface area contributed by atoms with Crippen LogP contribution in [0.2, 0.25) is 0 Å². The summed E-state index contributed by atoms with van der Waals surface area (Å²) in [4.78, 5) is 2.40. The number of methoxy groups -OCH3 is 1. The van der Waals surface area contributed by atoms with Gasteiger partial charge in [0.2, 0.25) is 0 Å². The zero-order chi connectivity index (χ0) is 25.4. The summed E-state index contributed by atoms with van der Waals surface area (Å²) < 4.78 is 19.5. The lowest BCUT2D eigenvalue weighted by Gasteiger charge is -2.27. The molecule has 2 aromatic carbocycles. The predicted molar refractivity (Wildman–Crippen MR) is 141 cm³/mol. The molecule has 1 fully saturated rings. The minimum absolute atomic E-state index is 0.324. The zero-order valence-electron chi connectivity index (χ0n) is 21.8. The third-order valence-corrected chi connectivity index (χ3v) is 6.82. The summed E-state index contributed by atoms with van der Waals surface area (Å²) in [5, 5.41) is 15.4. The SMILES string of the molecule is COc1cc(CN2CCCC(O)(COc3ccc(C)cc3C)CC2)ccc1OCCCn1cccn1. The molecule has 1 atom stereocenters. The van der Waals surface area contributed by atoms with Crippen LogP contribution in [0.25, 0.3) is 0 Å². The van der Waals surface area contributed by atoms with Crippen LogP contribution in [0.15, 0.2) is 54.9 Å². The summed E-state index contributed by atoms with van der Waals surface area (Å²) in [5.74, 6) is 2.36. The highest BCUT2D eigenvalue weighted by atomic mass is 16.5. The van der Waals surface area contributed by atoms with E-state index in [2.05, 4.69) is 35.1 Å². The van der Waals surface area contributed by atoms with Gasteiger partial charge in [-0.05, 0) is 75.0 Å². The Kier molecular flexibility index (Phi) is 8.88. The summed E-state index contributed by atoms with van der Waals surface area (Å²) in [6, 6.07) is 14.2. The van der Waals surface area contributed by atoms with Crippen molar-refractivity contribution in [3.05, 3.63) is 71.5 Å². The highest BCUT2D eigenvalue weighted by Crippen LogP contribution is 2.30. The van der Waals surface area contributed by atoms with Crippen molar-refractivity contribution < 1.29 is 19.3 Å². The van der Waals surface area contributed by atoms with Crippen molar-refractivity contribution in [3.63, 3.8) is 0 Å². The summed E-state index contributed by atoms with van der Waals surface area (Å²) >= 11 is 0. The molecule has 1 saturated heterocycles. The molecule has 36 heavy (non-hydrogen) atoms. The molecular weight excluding hydrogens is 454 g/mol. The van der Waals surface area contributed by atoms with Crippen molar-refractivity contribution in [1.29, 1.82) is 0 Å². The van der Waals surface area contributed by atoms with Gasteiger partial charge in [-0.3, -0.25) is 9.58 Å². The first-order valence-electron chi connectivity index (χ1n) is 12.9. The fourth-order valence-electron chi connectivity index (χ4n) is 4.74. The van der Waals surface area contributed by atoms with Crippen LogP contribution in [0, 0.1) is 13.8 Å². The smallest absolute Gasteiger partial charge is 0.161 e. The largest absolute Gasteiger partial charge is 0.493 e. The second-order valence-corrected chi connectivity index (χ2v) is 9.87. The van der Waals surface area contributed by atoms with Crippen LogP contribution in [0.4, 0.5) is 0 Å². The van der Waals surface area contributed by atoms with Gasteiger partial charge in [-0.15, -0.1) is 0 Å². The van der Waals surface area contributed by atoms with Crippen LogP contribution < -0.4 is 14.2 Å². The first kappa shape index (κ1) is 26.0. The molecule has 194 valence electrons. The van der Waals surface area contributed by atoms with Crippen LogP contribution in [-0.2, 0) is 13.1 Å². The highest BCUT2D eigenvalue weighted by Gasteiger charge is 2.31. The van der Waals surface area contributed by atoms with E-state index in [1.807, 2.05) is 42.1 Å². The summed E-state index contributed by atoms with van der Waals surface area (Å²) in [7, 11) is 1.68. The van der Waals surface area contributed by atoms with Gasteiger partial charge in [0.15, 0.2) is 11.5 Å². The van der Waals surface area contributed by atoms with Gasteiger partial charge in [-0.2, -0.15) is 5.10 Å². The number of benzene rings is 2. The van der Waals surface area contributed by atoms with Crippen molar-refractivity contribution in [1.82, 2.24) is 14.7 Å². The highest BCUT2D eigenvalue weighted by molar-refractivity contribution is 5.43. The van der Waals surface area contributed by atoms with E-state index in [-0.39, 0.29) is 0 Å². The minimum atomic E-state index is -0.808. The van der Waals surface area contributed by atoms with E-state index < -0.39 is 5.60 Å². The Labute approximate surface area is 214 Å². The molecule has 0 amide bonds. The second kappa shape index (κ2) is 12.3. The van der Waals surface area contributed by atoms with Gasteiger partial charge in [0.05, 0.1) is 19.3 Å². The third-order valence-electron chi connectivity index (χ3n) is 6.82. The molecule has 0 aliphatic carbocycles. The molecule has 0 spiro atoms. The Morgan fingerprint density at radius 3 is 2.64 bits per heavy atom. The molecule has 7 heteroatoms. The molecule has 2 heterocycles. The van der Waals surface area contributed by atoms with Crippen molar-refractivity contribution in [3.8, 4) is 17.2 Å². The number of aryl methyl sites for hydroxylation is 3. The van der Waals surface area contributed by atoms with Crippen LogP contribution in [-0.4, -0.2) is 58.8 Å². The lowest BCUT2D eigenvalue weighted by Crippen LogP contribution is -2.37. The van der Waals surface area contributed by atoms with Gasteiger partial charge < -0.3 is 19.3 Å². The average molecular weight is 494 g/mol. The molecule has 4 rings (SSSR count). The number of ether oxygens (including phenoxy) is 3. The molecule has 0 bridgehead atoms. The Bertz CT molecular complexity index is 1100. The van der Waals surface area contributed by atoms with Crippen molar-refractivity contribution in [2.45, 2.75) is 58.2 Å². The van der Waals surface area contributed by atoms with E-state index in [4.69, 9.17) is 14.2 Å². The van der Waals surface area contributed by atoms with E-state index in [9.17, 15) is 5.11 Å². The summed E-state index contributed by atoms with van der Waals surface area (Å²) in [5.41, 5.74) is 2.68. The fraction of sp³-hybridized carbons (Fsp3) is 0.483. The Balaban J connectivity index is 1.27. The predicted octanol–water partition coefficient (Wildman–Crippen LogP) is 4.77. The van der Waals surface area contributed by atoms with E-state index in [0.717, 1.165) is 68.3 Å². The van der Waals surface area contributed by atoms with Crippen molar-refractivity contribution in [2.24, 2.45) is 0 Å². The molecule has 1 unspecified atom stereocenters. The standard InChI is InChI=1S/C29H39N3O4/c1-23-7-9-26(24(2)19-23)36-22-29(33)11-4-14-31(17-12-29)21-25-8-10-27(28(20-25)34-3)35-18-6-16-32-15-5-13-30-32/h5,7-10,13,15,19-20,33H,4,6,11-12,14,16-18,21-22H2,1-3H3. The normalized spacial score (nSPS) is 18.6. The molecule has 0 radical (unpaired) electrons. The number of rotatable bonds is 11. The first-order valence-corrected chi connectivity index (χ1v) is 12.9. The molecule has 1 aromatic heterocycles. The van der Waals surface area contributed by atoms with Gasteiger partial charge in [-0.25, -0.2) is 0 Å². The average Bonchev–Trinajstić information content (AvgIpc) is 3.32. The van der Waals surface area contributed by atoms with Crippen LogP contribution >= 0.6 is 0 Å². The van der Waals surface area contributed by atoms with Crippen molar-refractivity contribution in [2.75, 3.05) is 33.4 Å². The number of hydrogen-bond acceptors (Lipinski definition) is 6. The molecule has 3 aromatic rings. The van der Waals surface area contributed by atoms with Gasteiger partial charge in [0.25, 0.3) is 0 Å². The fourth-order valence-corrected chi connectivity index (χ4v) is 4.74. The summed E-state index contributed by atoms with van der Waals surface area (Å²) in [6.45, 7) is 8.45. The minimum Gasteiger partial charge on any atom is -0.493 e. The molecule has 1 N–H and O–H groups in total. The van der Waals surface area contributed by atoms with E-state index in [1.165, 1.54) is 11.1 Å². The summed E-state index contributed by atoms with van der Waals surface area (Å²) in [6.07, 6.45) is 6.97. The molecule has 1 aliphatic rings. The maximum atomic E-state index is 11.2. The number of aliphatic hydroxyl groups is 1. The number of aromatic nitrogens is 2. The quantitative estimate of drug-likeness (QED) is 0.388. The van der Waals surface area contributed by atoms with Crippen molar-refractivity contribution >= 4 is 0 Å². The number of nitrogens with zero attached hydrogens (tertiary/aromatic N) is 3. The van der Waals surface area contributed by atoms with Gasteiger partial charge in [0.1, 0.15) is 12.4 Å². The van der Waals surface area contributed by atoms with E-state index in [0.29, 0.717) is 19.6 Å². The molecule has 1 aliphatic heterocycles. The number of hydrogen-bond donors (Lipinski definition) is 1. The first-order chi connectivity index (χ1) is 17.4. The van der Waals surface area contributed by atoms with E-state index in [1.54, 1.807) is 13.3 Å². The van der Waals surface area contributed by atoms with Gasteiger partial charge in [-0.1, -0.05) is 23.8 Å². The zero-order valence-corrected chi connectivity index (χ0v) is 21.8.